The van der Waals surface area contributed by atoms with Gasteiger partial charge in [0.05, 0.1) is 17.4 Å². The van der Waals surface area contributed by atoms with E-state index in [1.54, 1.807) is 18.2 Å². The number of halogens is 1. The molecule has 0 spiro atoms. The van der Waals surface area contributed by atoms with Crippen molar-refractivity contribution in [2.45, 2.75) is 0 Å². The summed E-state index contributed by atoms with van der Waals surface area (Å²) in [5.41, 5.74) is 6.53. The zero-order chi connectivity index (χ0) is 11.5. The summed E-state index contributed by atoms with van der Waals surface area (Å²) in [7, 11) is 0. The third-order valence-electron chi connectivity index (χ3n) is 2.03. The van der Waals surface area contributed by atoms with Gasteiger partial charge in [0.1, 0.15) is 0 Å². The van der Waals surface area contributed by atoms with Gasteiger partial charge in [-0.3, -0.25) is 9.89 Å². The highest BCUT2D eigenvalue weighted by Gasteiger charge is 2.11. The molecule has 1 heterocycles. The normalized spacial score (nSPS) is 10.1. The number of aromatic nitrogens is 2. The first-order chi connectivity index (χ1) is 7.68. The molecule has 2 rings (SSSR count). The highest BCUT2D eigenvalue weighted by atomic mass is 79.9. The number of nitrogens with zero attached hydrogens (tertiary/aromatic N) is 1. The molecule has 6 heteroatoms. The maximum absolute atomic E-state index is 11.8. The van der Waals surface area contributed by atoms with Crippen LogP contribution < -0.4 is 11.1 Å². The number of anilines is 2. The van der Waals surface area contributed by atoms with E-state index in [1.807, 2.05) is 6.07 Å². The molecular weight excluding hydrogens is 272 g/mol. The molecule has 4 N–H and O–H groups in total. The first-order valence-corrected chi connectivity index (χ1v) is 5.32. The van der Waals surface area contributed by atoms with Crippen LogP contribution in [0, 0.1) is 0 Å². The minimum absolute atomic E-state index is 0.247. The molecule has 0 aliphatic carbocycles. The number of benzene rings is 1. The van der Waals surface area contributed by atoms with Gasteiger partial charge in [0, 0.05) is 4.47 Å². The Kier molecular flexibility index (Phi) is 2.91. The summed E-state index contributed by atoms with van der Waals surface area (Å²) in [4.78, 5) is 11.8. The molecule has 0 saturated heterocycles. The summed E-state index contributed by atoms with van der Waals surface area (Å²) >= 11 is 3.30. The van der Waals surface area contributed by atoms with Crippen LogP contribution in [0.1, 0.15) is 10.4 Å². The fourth-order valence-corrected chi connectivity index (χ4v) is 1.69. The van der Waals surface area contributed by atoms with Crippen LogP contribution in [0.15, 0.2) is 34.9 Å². The monoisotopic (exact) mass is 280 g/mol. The lowest BCUT2D eigenvalue weighted by molar-refractivity contribution is 0.102. The summed E-state index contributed by atoms with van der Waals surface area (Å²) in [6, 6.07) is 7.14. The Hall–Kier alpha value is -1.82. The predicted molar refractivity (Wildman–Crippen MR) is 65.1 cm³/mol. The molecule has 0 saturated carbocycles. The fourth-order valence-electron chi connectivity index (χ4n) is 1.22. The molecule has 1 aromatic carbocycles. The Morgan fingerprint density at radius 2 is 2.19 bits per heavy atom. The average molecular weight is 281 g/mol. The number of amides is 1. The number of nitrogen functional groups attached to an aromatic ring is 1. The Morgan fingerprint density at radius 1 is 1.44 bits per heavy atom. The van der Waals surface area contributed by atoms with Crippen LogP contribution in [0.25, 0.3) is 0 Å². The van der Waals surface area contributed by atoms with Gasteiger partial charge in [-0.25, -0.2) is 0 Å². The number of rotatable bonds is 2. The van der Waals surface area contributed by atoms with Crippen molar-refractivity contribution in [2.24, 2.45) is 0 Å². The zero-order valence-corrected chi connectivity index (χ0v) is 9.78. The minimum Gasteiger partial charge on any atom is -0.394 e. The Labute approximate surface area is 100 Å². The first-order valence-electron chi connectivity index (χ1n) is 4.53. The van der Waals surface area contributed by atoms with Gasteiger partial charge >= 0.3 is 0 Å². The van der Waals surface area contributed by atoms with Crippen molar-refractivity contribution in [3.63, 3.8) is 0 Å². The zero-order valence-electron chi connectivity index (χ0n) is 8.20. The second kappa shape index (κ2) is 4.36. The fraction of sp³-hybridized carbons (Fsp3) is 0. The van der Waals surface area contributed by atoms with Crippen LogP contribution >= 0.6 is 15.9 Å². The molecule has 5 nitrogen and oxygen atoms in total. The van der Waals surface area contributed by atoms with E-state index >= 15 is 0 Å². The van der Waals surface area contributed by atoms with E-state index in [0.717, 1.165) is 4.47 Å². The van der Waals surface area contributed by atoms with E-state index in [-0.39, 0.29) is 5.91 Å². The van der Waals surface area contributed by atoms with Crippen molar-refractivity contribution < 1.29 is 4.79 Å². The van der Waals surface area contributed by atoms with Crippen molar-refractivity contribution in [2.75, 3.05) is 11.1 Å². The first kappa shape index (κ1) is 10.7. The van der Waals surface area contributed by atoms with Gasteiger partial charge in [-0.1, -0.05) is 12.1 Å². The van der Waals surface area contributed by atoms with Gasteiger partial charge in [0.2, 0.25) is 0 Å². The molecule has 1 amide bonds. The third kappa shape index (κ3) is 2.06. The lowest BCUT2D eigenvalue weighted by Crippen LogP contribution is -2.13. The molecule has 2 aromatic rings. The van der Waals surface area contributed by atoms with Gasteiger partial charge in [-0.15, -0.1) is 0 Å². The number of hydrogen-bond acceptors (Lipinski definition) is 3. The highest BCUT2D eigenvalue weighted by Crippen LogP contribution is 2.19. The number of nitrogens with one attached hydrogen (secondary N) is 2. The highest BCUT2D eigenvalue weighted by molar-refractivity contribution is 9.10. The number of nitrogens with two attached hydrogens (primary N) is 1. The summed E-state index contributed by atoms with van der Waals surface area (Å²) in [6.45, 7) is 0. The maximum Gasteiger partial charge on any atom is 0.258 e. The summed E-state index contributed by atoms with van der Waals surface area (Å²) in [5.74, 6) is 0.157. The Balaban J connectivity index is 2.22. The lowest BCUT2D eigenvalue weighted by atomic mass is 10.2. The second-order valence-corrected chi connectivity index (χ2v) is 3.99. The van der Waals surface area contributed by atoms with Crippen LogP contribution in [0.4, 0.5) is 11.5 Å². The SMILES string of the molecule is Nc1cn[nH]c1NC(=O)c1ccccc1Br. The molecule has 16 heavy (non-hydrogen) atoms. The summed E-state index contributed by atoms with van der Waals surface area (Å²) in [5, 5.41) is 8.95. The smallest absolute Gasteiger partial charge is 0.258 e. The van der Waals surface area contributed by atoms with Gasteiger partial charge < -0.3 is 11.1 Å². The molecule has 0 fully saturated rings. The Bertz CT molecular complexity index is 523. The van der Waals surface area contributed by atoms with Gasteiger partial charge in [0.15, 0.2) is 5.82 Å². The van der Waals surface area contributed by atoms with Gasteiger partial charge in [-0.05, 0) is 28.1 Å². The quantitative estimate of drug-likeness (QED) is 0.787. The van der Waals surface area contributed by atoms with E-state index in [1.165, 1.54) is 6.20 Å². The van der Waals surface area contributed by atoms with E-state index in [0.29, 0.717) is 17.1 Å². The van der Waals surface area contributed by atoms with Crippen LogP contribution in [0.3, 0.4) is 0 Å². The topological polar surface area (TPSA) is 83.8 Å². The lowest BCUT2D eigenvalue weighted by Gasteiger charge is -2.05. The van der Waals surface area contributed by atoms with Crippen LogP contribution in [-0.4, -0.2) is 16.1 Å². The number of carbonyl (C=O) groups is 1. The van der Waals surface area contributed by atoms with Crippen molar-refractivity contribution >= 4 is 33.3 Å². The molecule has 82 valence electrons. The van der Waals surface area contributed by atoms with E-state index in [9.17, 15) is 4.79 Å². The molecule has 0 aliphatic heterocycles. The van der Waals surface area contributed by atoms with Gasteiger partial charge in [-0.2, -0.15) is 5.10 Å². The van der Waals surface area contributed by atoms with Crippen LogP contribution in [0.5, 0.6) is 0 Å². The molecule has 0 aliphatic rings. The van der Waals surface area contributed by atoms with Crippen molar-refractivity contribution in [1.29, 1.82) is 0 Å². The third-order valence-corrected chi connectivity index (χ3v) is 2.72. The van der Waals surface area contributed by atoms with Crippen molar-refractivity contribution in [3.8, 4) is 0 Å². The molecular formula is C10H9BrN4O. The van der Waals surface area contributed by atoms with E-state index < -0.39 is 0 Å². The van der Waals surface area contributed by atoms with Crippen molar-refractivity contribution in [1.82, 2.24) is 10.2 Å². The Morgan fingerprint density at radius 3 is 2.81 bits per heavy atom. The van der Waals surface area contributed by atoms with Crippen LogP contribution in [-0.2, 0) is 0 Å². The molecule has 0 radical (unpaired) electrons. The molecule has 0 unspecified atom stereocenters. The van der Waals surface area contributed by atoms with Crippen molar-refractivity contribution in [3.05, 3.63) is 40.5 Å². The summed E-state index contributed by atoms with van der Waals surface area (Å²) in [6.07, 6.45) is 1.44. The number of carbonyl (C=O) groups excluding carboxylic acids is 1. The number of H-pyrrole nitrogens is 1. The van der Waals surface area contributed by atoms with Crippen LogP contribution in [0.2, 0.25) is 0 Å². The van der Waals surface area contributed by atoms with Gasteiger partial charge in [0.25, 0.3) is 5.91 Å². The van der Waals surface area contributed by atoms with E-state index in [4.69, 9.17) is 5.73 Å². The van der Waals surface area contributed by atoms with E-state index in [2.05, 4.69) is 31.4 Å². The molecule has 1 aromatic heterocycles. The molecule has 0 atom stereocenters. The minimum atomic E-state index is -0.247. The average Bonchev–Trinajstić information content (AvgIpc) is 2.65. The number of hydrogen-bond donors (Lipinski definition) is 3. The molecule has 0 bridgehead atoms. The standard InChI is InChI=1S/C10H9BrN4O/c11-7-4-2-1-3-6(7)10(16)14-9-8(12)5-13-15-9/h1-5H,12H2,(H2,13,14,15,16). The number of aromatic amines is 1. The largest absolute Gasteiger partial charge is 0.394 e. The summed E-state index contributed by atoms with van der Waals surface area (Å²) < 4.78 is 0.727. The maximum atomic E-state index is 11.8. The predicted octanol–water partition coefficient (Wildman–Crippen LogP) is 2.01. The second-order valence-electron chi connectivity index (χ2n) is 3.13.